The predicted molar refractivity (Wildman–Crippen MR) is 140 cm³/mol. The van der Waals surface area contributed by atoms with Crippen molar-refractivity contribution < 1.29 is 22.7 Å². The largest absolute Gasteiger partial charge is 0.497 e. The second-order valence-electron chi connectivity index (χ2n) is 8.79. The van der Waals surface area contributed by atoms with Crippen LogP contribution in [0.1, 0.15) is 38.2 Å². The van der Waals surface area contributed by atoms with Crippen LogP contribution < -0.4 is 14.4 Å². The molecule has 0 unspecified atom stereocenters. The zero-order valence-electron chi connectivity index (χ0n) is 20.2. The van der Waals surface area contributed by atoms with Crippen LogP contribution in [-0.2, 0) is 26.2 Å². The number of rotatable bonds is 10. The molecule has 8 nitrogen and oxygen atoms in total. The van der Waals surface area contributed by atoms with Crippen LogP contribution in [0, 0.1) is 0 Å². The lowest BCUT2D eigenvalue weighted by molar-refractivity contribution is -0.139. The van der Waals surface area contributed by atoms with Crippen molar-refractivity contribution in [1.82, 2.24) is 10.2 Å². The van der Waals surface area contributed by atoms with E-state index in [0.29, 0.717) is 11.4 Å². The van der Waals surface area contributed by atoms with Gasteiger partial charge in [0.1, 0.15) is 18.3 Å². The molecule has 190 valence electrons. The highest BCUT2D eigenvalue weighted by Crippen LogP contribution is 2.24. The van der Waals surface area contributed by atoms with Gasteiger partial charge in [0.2, 0.25) is 21.8 Å². The molecule has 2 aromatic rings. The molecule has 0 heterocycles. The summed E-state index contributed by atoms with van der Waals surface area (Å²) in [6, 6.07) is 13.3. The lowest BCUT2D eigenvalue weighted by atomic mass is 10.1. The highest BCUT2D eigenvalue weighted by molar-refractivity contribution is 9.10. The van der Waals surface area contributed by atoms with Gasteiger partial charge in [-0.15, -0.1) is 0 Å². The van der Waals surface area contributed by atoms with E-state index >= 15 is 0 Å². The zero-order valence-corrected chi connectivity index (χ0v) is 22.6. The van der Waals surface area contributed by atoms with Gasteiger partial charge in [0.25, 0.3) is 0 Å². The second kappa shape index (κ2) is 11.9. The number of carbonyl (C=O) groups excluding carboxylic acids is 2. The average molecular weight is 567 g/mol. The van der Waals surface area contributed by atoms with Crippen LogP contribution in [0.4, 0.5) is 5.69 Å². The van der Waals surface area contributed by atoms with Gasteiger partial charge in [0.15, 0.2) is 0 Å². The number of hydrogen-bond acceptors (Lipinski definition) is 5. The van der Waals surface area contributed by atoms with Crippen LogP contribution >= 0.6 is 15.9 Å². The number of benzene rings is 2. The number of nitrogens with zero attached hydrogens (tertiary/aromatic N) is 2. The van der Waals surface area contributed by atoms with Gasteiger partial charge < -0.3 is 15.0 Å². The molecule has 1 saturated carbocycles. The zero-order chi connectivity index (χ0) is 25.6. The topological polar surface area (TPSA) is 96.0 Å². The highest BCUT2D eigenvalue weighted by Gasteiger charge is 2.31. The van der Waals surface area contributed by atoms with Crippen LogP contribution in [0.3, 0.4) is 0 Å². The molecular weight excluding hydrogens is 534 g/mol. The molecule has 1 atom stereocenters. The molecule has 0 radical (unpaired) electrons. The molecule has 0 spiro atoms. The van der Waals surface area contributed by atoms with E-state index in [1.54, 1.807) is 31.2 Å². The smallest absolute Gasteiger partial charge is 0.244 e. The molecule has 1 aliphatic carbocycles. The summed E-state index contributed by atoms with van der Waals surface area (Å²) in [6.07, 6.45) is 5.05. The summed E-state index contributed by atoms with van der Waals surface area (Å²) >= 11 is 3.41. The Balaban J connectivity index is 1.88. The van der Waals surface area contributed by atoms with E-state index in [-0.39, 0.29) is 18.5 Å². The van der Waals surface area contributed by atoms with Gasteiger partial charge in [0, 0.05) is 23.1 Å². The summed E-state index contributed by atoms with van der Waals surface area (Å²) in [4.78, 5) is 28.1. The first-order valence-electron chi connectivity index (χ1n) is 11.5. The third-order valence-electron chi connectivity index (χ3n) is 6.16. The van der Waals surface area contributed by atoms with Gasteiger partial charge in [-0.2, -0.15) is 0 Å². The van der Waals surface area contributed by atoms with Gasteiger partial charge in [-0.3, -0.25) is 13.9 Å². The number of ether oxygens (including phenoxy) is 1. The number of methoxy groups -OCH3 is 1. The van der Waals surface area contributed by atoms with E-state index in [0.717, 1.165) is 46.3 Å². The van der Waals surface area contributed by atoms with E-state index in [2.05, 4.69) is 21.2 Å². The Bertz CT molecular complexity index is 1130. The molecule has 0 bridgehead atoms. The molecule has 0 aromatic heterocycles. The number of anilines is 1. The van der Waals surface area contributed by atoms with Crippen LogP contribution in [0.25, 0.3) is 0 Å². The minimum atomic E-state index is -3.79. The number of hydrogen-bond donors (Lipinski definition) is 1. The van der Waals surface area contributed by atoms with E-state index < -0.39 is 28.5 Å². The first kappa shape index (κ1) is 27.0. The van der Waals surface area contributed by atoms with Crippen molar-refractivity contribution in [2.45, 2.75) is 51.2 Å². The summed E-state index contributed by atoms with van der Waals surface area (Å²) in [7, 11) is -2.31. The molecule has 10 heteroatoms. The molecule has 2 amide bonds. The number of sulfonamides is 1. The monoisotopic (exact) mass is 565 g/mol. The van der Waals surface area contributed by atoms with Gasteiger partial charge in [-0.25, -0.2) is 8.42 Å². The molecule has 0 aliphatic heterocycles. The van der Waals surface area contributed by atoms with E-state index in [1.165, 1.54) is 12.0 Å². The number of amides is 2. The fourth-order valence-electron chi connectivity index (χ4n) is 4.14. The highest BCUT2D eigenvalue weighted by atomic mass is 79.9. The Kier molecular flexibility index (Phi) is 9.18. The Morgan fingerprint density at radius 1 is 1.14 bits per heavy atom. The Morgan fingerprint density at radius 2 is 1.80 bits per heavy atom. The maximum Gasteiger partial charge on any atom is 0.244 e. The van der Waals surface area contributed by atoms with E-state index in [1.807, 2.05) is 24.3 Å². The lowest BCUT2D eigenvalue weighted by Gasteiger charge is -2.32. The minimum absolute atomic E-state index is 0.110. The van der Waals surface area contributed by atoms with Crippen molar-refractivity contribution in [2.75, 3.05) is 24.2 Å². The summed E-state index contributed by atoms with van der Waals surface area (Å²) < 4.78 is 32.4. The van der Waals surface area contributed by atoms with Crippen LogP contribution in [0.2, 0.25) is 0 Å². The molecule has 1 N–H and O–H groups in total. The number of carbonyl (C=O) groups is 2. The summed E-state index contributed by atoms with van der Waals surface area (Å²) in [5.74, 6) is -0.246. The first-order chi connectivity index (χ1) is 16.6. The number of nitrogens with one attached hydrogen (secondary N) is 1. The molecule has 3 rings (SSSR count). The Morgan fingerprint density at radius 3 is 2.40 bits per heavy atom. The molecule has 1 aliphatic rings. The standard InChI is InChI=1S/C25H32BrN3O5S/c1-18(25(31)27-21-7-4-5-8-21)28(16-19-11-13-20(26)14-12-19)24(30)17-29(35(3,32)33)22-9-6-10-23(15-22)34-2/h6,9-15,18,21H,4-5,7-8,16-17H2,1-3H3,(H,27,31)/t18-/m1/s1. The minimum Gasteiger partial charge on any atom is -0.497 e. The maximum absolute atomic E-state index is 13.6. The van der Waals surface area contributed by atoms with Gasteiger partial charge in [-0.1, -0.05) is 47.0 Å². The molecule has 0 saturated heterocycles. The van der Waals surface area contributed by atoms with Crippen molar-refractivity contribution >= 4 is 43.5 Å². The fourth-order valence-corrected chi connectivity index (χ4v) is 5.25. The first-order valence-corrected chi connectivity index (χ1v) is 14.2. The second-order valence-corrected chi connectivity index (χ2v) is 11.6. The third-order valence-corrected chi connectivity index (χ3v) is 7.82. The van der Waals surface area contributed by atoms with Crippen molar-refractivity contribution in [1.29, 1.82) is 0 Å². The summed E-state index contributed by atoms with van der Waals surface area (Å²) in [5, 5.41) is 3.05. The van der Waals surface area contributed by atoms with Crippen LogP contribution in [-0.4, -0.2) is 57.1 Å². The Labute approximate surface area is 215 Å². The third kappa shape index (κ3) is 7.44. The van der Waals surface area contributed by atoms with Crippen molar-refractivity contribution in [2.24, 2.45) is 0 Å². The van der Waals surface area contributed by atoms with Crippen molar-refractivity contribution in [3.8, 4) is 5.75 Å². The van der Waals surface area contributed by atoms with Gasteiger partial charge >= 0.3 is 0 Å². The van der Waals surface area contributed by atoms with Gasteiger partial charge in [0.05, 0.1) is 19.1 Å². The van der Waals surface area contributed by atoms with Crippen molar-refractivity contribution in [3.63, 3.8) is 0 Å². The molecule has 1 fully saturated rings. The van der Waals surface area contributed by atoms with E-state index in [9.17, 15) is 18.0 Å². The van der Waals surface area contributed by atoms with Crippen LogP contribution in [0.5, 0.6) is 5.75 Å². The predicted octanol–water partition coefficient (Wildman–Crippen LogP) is 3.70. The normalized spacial score (nSPS) is 14.9. The summed E-state index contributed by atoms with van der Waals surface area (Å²) in [5.41, 5.74) is 1.14. The van der Waals surface area contributed by atoms with Crippen LogP contribution in [0.15, 0.2) is 53.0 Å². The quantitative estimate of drug-likeness (QED) is 0.473. The molecule has 35 heavy (non-hydrogen) atoms. The molecule has 2 aromatic carbocycles. The Hall–Kier alpha value is -2.59. The van der Waals surface area contributed by atoms with Crippen molar-refractivity contribution in [3.05, 3.63) is 58.6 Å². The van der Waals surface area contributed by atoms with Gasteiger partial charge in [-0.05, 0) is 49.6 Å². The lowest BCUT2D eigenvalue weighted by Crippen LogP contribution is -2.52. The maximum atomic E-state index is 13.6. The number of halogens is 1. The van der Waals surface area contributed by atoms with E-state index in [4.69, 9.17) is 4.74 Å². The fraction of sp³-hybridized carbons (Fsp3) is 0.440. The average Bonchev–Trinajstić information content (AvgIpc) is 3.33. The SMILES string of the molecule is COc1cccc(N(CC(=O)N(Cc2ccc(Br)cc2)[C@H](C)C(=O)NC2CCCC2)S(C)(=O)=O)c1. The summed E-state index contributed by atoms with van der Waals surface area (Å²) in [6.45, 7) is 1.40. The molecular formula is C25H32BrN3O5S.